The molecule has 0 saturated heterocycles. The molecule has 2 nitrogen and oxygen atoms in total. The summed E-state index contributed by atoms with van der Waals surface area (Å²) in [5, 5.41) is 1.54. The standard InChI is InChI=1S/C7H4ClNO/c8-6-3-9-4-7-5(6)1-2-10-7/h1-4H. The normalized spacial score (nSPS) is 10.5. The first-order valence-corrected chi connectivity index (χ1v) is 3.22. The van der Waals surface area contributed by atoms with E-state index in [1.165, 1.54) is 0 Å². The maximum atomic E-state index is 5.78. The van der Waals surface area contributed by atoms with Crippen LogP contribution < -0.4 is 0 Å². The summed E-state index contributed by atoms with van der Waals surface area (Å²) in [5.74, 6) is 0. The summed E-state index contributed by atoms with van der Waals surface area (Å²) in [6.07, 6.45) is 4.83. The quantitative estimate of drug-likeness (QED) is 0.581. The molecule has 0 radical (unpaired) electrons. The van der Waals surface area contributed by atoms with Gasteiger partial charge in [0, 0.05) is 11.6 Å². The summed E-state index contributed by atoms with van der Waals surface area (Å²) >= 11 is 5.78. The van der Waals surface area contributed by atoms with Crippen molar-refractivity contribution >= 4 is 22.6 Å². The Balaban J connectivity index is 2.95. The van der Waals surface area contributed by atoms with E-state index in [0.717, 1.165) is 11.0 Å². The number of hydrogen-bond donors (Lipinski definition) is 0. The highest BCUT2D eigenvalue weighted by atomic mass is 35.5. The molecule has 3 heteroatoms. The average Bonchev–Trinajstić information content (AvgIpc) is 2.36. The van der Waals surface area contributed by atoms with E-state index in [1.54, 1.807) is 18.7 Å². The summed E-state index contributed by atoms with van der Waals surface area (Å²) in [4.78, 5) is 3.86. The zero-order valence-electron chi connectivity index (χ0n) is 5.04. The van der Waals surface area contributed by atoms with Gasteiger partial charge in [-0.3, -0.25) is 4.98 Å². The molecule has 0 amide bonds. The van der Waals surface area contributed by atoms with Gasteiger partial charge in [0.15, 0.2) is 5.58 Å². The van der Waals surface area contributed by atoms with Crippen molar-refractivity contribution in [1.82, 2.24) is 4.98 Å². The van der Waals surface area contributed by atoms with E-state index in [-0.39, 0.29) is 0 Å². The Bertz CT molecular complexity index is 355. The first-order valence-electron chi connectivity index (χ1n) is 2.84. The van der Waals surface area contributed by atoms with Gasteiger partial charge in [-0.05, 0) is 6.07 Å². The molecule has 2 aromatic heterocycles. The molecule has 0 aromatic carbocycles. The third-order valence-electron chi connectivity index (χ3n) is 1.33. The number of nitrogens with zero attached hydrogens (tertiary/aromatic N) is 1. The van der Waals surface area contributed by atoms with E-state index in [4.69, 9.17) is 16.0 Å². The number of aromatic nitrogens is 1. The molecule has 2 rings (SSSR count). The minimum absolute atomic E-state index is 0.631. The molecule has 0 atom stereocenters. The van der Waals surface area contributed by atoms with Crippen LogP contribution in [0.4, 0.5) is 0 Å². The smallest absolute Gasteiger partial charge is 0.153 e. The number of pyridine rings is 1. The Hall–Kier alpha value is -1.02. The third-order valence-corrected chi connectivity index (χ3v) is 1.63. The molecule has 0 bridgehead atoms. The fourth-order valence-electron chi connectivity index (χ4n) is 0.858. The van der Waals surface area contributed by atoms with E-state index < -0.39 is 0 Å². The molecule has 0 aliphatic rings. The van der Waals surface area contributed by atoms with Crippen LogP contribution in [0.1, 0.15) is 0 Å². The lowest BCUT2D eigenvalue weighted by Crippen LogP contribution is -1.69. The van der Waals surface area contributed by atoms with Crippen molar-refractivity contribution in [1.29, 1.82) is 0 Å². The van der Waals surface area contributed by atoms with E-state index in [2.05, 4.69) is 4.98 Å². The van der Waals surface area contributed by atoms with Crippen LogP contribution in [0.15, 0.2) is 29.1 Å². The number of fused-ring (bicyclic) bond motifs is 1. The molecule has 0 fully saturated rings. The van der Waals surface area contributed by atoms with Gasteiger partial charge in [-0.2, -0.15) is 0 Å². The van der Waals surface area contributed by atoms with Crippen molar-refractivity contribution in [3.05, 3.63) is 29.7 Å². The highest BCUT2D eigenvalue weighted by molar-refractivity contribution is 6.35. The van der Waals surface area contributed by atoms with Crippen LogP contribution in [0.3, 0.4) is 0 Å². The Kier molecular flexibility index (Phi) is 1.14. The lowest BCUT2D eigenvalue weighted by atomic mass is 10.3. The summed E-state index contributed by atoms with van der Waals surface area (Å²) < 4.78 is 5.05. The third kappa shape index (κ3) is 0.693. The Labute approximate surface area is 62.4 Å². The van der Waals surface area contributed by atoms with Gasteiger partial charge >= 0.3 is 0 Å². The summed E-state index contributed by atoms with van der Waals surface area (Å²) in [5.41, 5.74) is 0.729. The second-order valence-corrected chi connectivity index (χ2v) is 2.36. The number of halogens is 1. The van der Waals surface area contributed by atoms with Crippen molar-refractivity contribution in [3.8, 4) is 0 Å². The minimum atomic E-state index is 0.631. The van der Waals surface area contributed by atoms with Gasteiger partial charge in [0.2, 0.25) is 0 Å². The number of hydrogen-bond acceptors (Lipinski definition) is 2. The molecule has 2 aromatic rings. The van der Waals surface area contributed by atoms with Crippen molar-refractivity contribution in [3.63, 3.8) is 0 Å². The van der Waals surface area contributed by atoms with Crippen molar-refractivity contribution in [2.75, 3.05) is 0 Å². The van der Waals surface area contributed by atoms with Gasteiger partial charge in [-0.25, -0.2) is 0 Å². The maximum absolute atomic E-state index is 5.78. The fourth-order valence-corrected chi connectivity index (χ4v) is 1.07. The fraction of sp³-hybridized carbons (Fsp3) is 0. The van der Waals surface area contributed by atoms with Crippen molar-refractivity contribution in [2.24, 2.45) is 0 Å². The minimum Gasteiger partial charge on any atom is -0.463 e. The van der Waals surface area contributed by atoms with Crippen LogP contribution in [-0.2, 0) is 0 Å². The molecule has 0 aliphatic heterocycles. The zero-order valence-corrected chi connectivity index (χ0v) is 5.80. The predicted molar refractivity (Wildman–Crippen MR) is 39.0 cm³/mol. The Morgan fingerprint density at radius 2 is 2.30 bits per heavy atom. The Morgan fingerprint density at radius 3 is 3.10 bits per heavy atom. The molecule has 0 saturated carbocycles. The molecule has 0 aliphatic carbocycles. The molecule has 0 unspecified atom stereocenters. The lowest BCUT2D eigenvalue weighted by Gasteiger charge is -1.87. The van der Waals surface area contributed by atoms with E-state index in [1.807, 2.05) is 6.07 Å². The van der Waals surface area contributed by atoms with Gasteiger partial charge < -0.3 is 4.42 Å². The largest absolute Gasteiger partial charge is 0.463 e. The summed E-state index contributed by atoms with van der Waals surface area (Å²) in [6, 6.07) is 1.82. The van der Waals surface area contributed by atoms with Crippen LogP contribution in [0.25, 0.3) is 11.0 Å². The molecule has 10 heavy (non-hydrogen) atoms. The van der Waals surface area contributed by atoms with E-state index in [9.17, 15) is 0 Å². The number of rotatable bonds is 0. The molecule has 50 valence electrons. The SMILES string of the molecule is Clc1cncc2occc12. The maximum Gasteiger partial charge on any atom is 0.153 e. The molecular weight excluding hydrogens is 150 g/mol. The predicted octanol–water partition coefficient (Wildman–Crippen LogP) is 2.48. The lowest BCUT2D eigenvalue weighted by molar-refractivity contribution is 0.614. The second kappa shape index (κ2) is 1.99. The topological polar surface area (TPSA) is 26.0 Å². The van der Waals surface area contributed by atoms with Crippen LogP contribution in [0, 0.1) is 0 Å². The van der Waals surface area contributed by atoms with Gasteiger partial charge in [0.25, 0.3) is 0 Å². The van der Waals surface area contributed by atoms with Gasteiger partial charge in [-0.15, -0.1) is 0 Å². The van der Waals surface area contributed by atoms with Crippen molar-refractivity contribution in [2.45, 2.75) is 0 Å². The first kappa shape index (κ1) is 5.74. The Morgan fingerprint density at radius 1 is 1.40 bits per heavy atom. The highest BCUT2D eigenvalue weighted by Crippen LogP contribution is 2.21. The first-order chi connectivity index (χ1) is 4.88. The molecule has 0 N–H and O–H groups in total. The summed E-state index contributed by atoms with van der Waals surface area (Å²) in [7, 11) is 0. The average molecular weight is 154 g/mol. The highest BCUT2D eigenvalue weighted by Gasteiger charge is 1.99. The zero-order chi connectivity index (χ0) is 6.97. The van der Waals surface area contributed by atoms with Crippen LogP contribution in [-0.4, -0.2) is 4.98 Å². The monoisotopic (exact) mass is 153 g/mol. The van der Waals surface area contributed by atoms with E-state index in [0.29, 0.717) is 5.02 Å². The number of furan rings is 1. The van der Waals surface area contributed by atoms with Gasteiger partial charge in [0.1, 0.15) is 0 Å². The van der Waals surface area contributed by atoms with Crippen molar-refractivity contribution < 1.29 is 4.42 Å². The van der Waals surface area contributed by atoms with E-state index >= 15 is 0 Å². The van der Waals surface area contributed by atoms with Gasteiger partial charge in [-0.1, -0.05) is 11.6 Å². The molecule has 0 spiro atoms. The van der Waals surface area contributed by atoms with Gasteiger partial charge in [0.05, 0.1) is 17.5 Å². The second-order valence-electron chi connectivity index (χ2n) is 1.95. The summed E-state index contributed by atoms with van der Waals surface area (Å²) in [6.45, 7) is 0. The van der Waals surface area contributed by atoms with Crippen LogP contribution in [0.5, 0.6) is 0 Å². The molecular formula is C7H4ClNO. The molecule has 2 heterocycles. The van der Waals surface area contributed by atoms with Crippen LogP contribution >= 0.6 is 11.6 Å². The van der Waals surface area contributed by atoms with Crippen LogP contribution in [0.2, 0.25) is 5.02 Å².